The van der Waals surface area contributed by atoms with Crippen LogP contribution in [0.25, 0.3) is 0 Å². The van der Waals surface area contributed by atoms with Gasteiger partial charge in [0.1, 0.15) is 12.7 Å². The van der Waals surface area contributed by atoms with Gasteiger partial charge in [-0.1, -0.05) is 110 Å². The second-order valence-corrected chi connectivity index (χ2v) is 11.5. The van der Waals surface area contributed by atoms with Gasteiger partial charge in [0.25, 0.3) is 0 Å². The SMILES string of the molecule is CCCCCCCCCCCCCC(=O)OCC(O)COP(=O)(O)OCCNC(=O)CCCCCCCC. The largest absolute Gasteiger partial charge is 0.472 e. The lowest BCUT2D eigenvalue weighted by Gasteiger charge is -2.15. The molecule has 0 aromatic heterocycles. The summed E-state index contributed by atoms with van der Waals surface area (Å²) in [5.74, 6) is -0.525. The molecule has 0 aromatic rings. The highest BCUT2D eigenvalue weighted by Gasteiger charge is 2.23. The van der Waals surface area contributed by atoms with Crippen LogP contribution >= 0.6 is 7.82 Å². The lowest BCUT2D eigenvalue weighted by molar-refractivity contribution is -0.147. The number of carbonyl (C=O) groups excluding carboxylic acids is 2. The minimum Gasteiger partial charge on any atom is -0.463 e. The summed E-state index contributed by atoms with van der Waals surface area (Å²) in [6, 6.07) is 0. The molecule has 0 spiro atoms. The molecule has 9 nitrogen and oxygen atoms in total. The first-order valence-corrected chi connectivity index (χ1v) is 16.5. The third kappa shape index (κ3) is 26.6. The van der Waals surface area contributed by atoms with Crippen molar-refractivity contribution in [3.8, 4) is 0 Å². The van der Waals surface area contributed by atoms with Gasteiger partial charge in [-0.25, -0.2) is 4.57 Å². The van der Waals surface area contributed by atoms with Crippen LogP contribution in [0.15, 0.2) is 0 Å². The number of amides is 1. The average Bonchev–Trinajstić information content (AvgIpc) is 2.89. The third-order valence-corrected chi connectivity index (χ3v) is 7.27. The normalized spacial score (nSPS) is 13.7. The molecule has 0 radical (unpaired) electrons. The number of unbranched alkanes of at least 4 members (excludes halogenated alkanes) is 15. The summed E-state index contributed by atoms with van der Waals surface area (Å²) in [5, 5.41) is 12.5. The van der Waals surface area contributed by atoms with Crippen LogP contribution in [0.5, 0.6) is 0 Å². The number of aliphatic hydroxyl groups excluding tert-OH is 1. The van der Waals surface area contributed by atoms with Crippen molar-refractivity contribution < 1.29 is 37.9 Å². The molecule has 10 heteroatoms. The topological polar surface area (TPSA) is 131 Å². The molecule has 0 aliphatic carbocycles. The molecule has 226 valence electrons. The highest BCUT2D eigenvalue weighted by atomic mass is 31.2. The molecule has 1 amide bonds. The Morgan fingerprint density at radius 1 is 0.711 bits per heavy atom. The molecule has 0 saturated carbocycles. The van der Waals surface area contributed by atoms with E-state index in [-0.39, 0.29) is 32.1 Å². The fourth-order valence-electron chi connectivity index (χ4n) is 3.97. The molecule has 0 fully saturated rings. The fraction of sp³-hybridized carbons (Fsp3) is 0.929. The van der Waals surface area contributed by atoms with Gasteiger partial charge in [0.15, 0.2) is 0 Å². The molecule has 3 N–H and O–H groups in total. The summed E-state index contributed by atoms with van der Waals surface area (Å²) in [6.07, 6.45) is 19.2. The molecule has 0 aromatic carbocycles. The maximum absolute atomic E-state index is 11.9. The number of aliphatic hydroxyl groups is 1. The zero-order valence-electron chi connectivity index (χ0n) is 24.1. The number of carbonyl (C=O) groups is 2. The van der Waals surface area contributed by atoms with E-state index in [0.717, 1.165) is 38.5 Å². The first kappa shape index (κ1) is 37.0. The highest BCUT2D eigenvalue weighted by molar-refractivity contribution is 7.47. The molecular formula is C28H56NO8P. The summed E-state index contributed by atoms with van der Waals surface area (Å²) in [6.45, 7) is 3.45. The smallest absolute Gasteiger partial charge is 0.463 e. The summed E-state index contributed by atoms with van der Waals surface area (Å²) in [7, 11) is -4.38. The molecule has 0 aliphatic rings. The van der Waals surface area contributed by atoms with Gasteiger partial charge < -0.3 is 20.1 Å². The van der Waals surface area contributed by atoms with Crippen LogP contribution in [0.1, 0.15) is 136 Å². The Morgan fingerprint density at radius 2 is 1.18 bits per heavy atom. The Kier molecular flexibility index (Phi) is 25.6. The number of ether oxygens (including phenoxy) is 1. The predicted octanol–water partition coefficient (Wildman–Crippen LogP) is 6.59. The fourth-order valence-corrected chi connectivity index (χ4v) is 4.72. The van der Waals surface area contributed by atoms with Crippen LogP contribution < -0.4 is 5.32 Å². The van der Waals surface area contributed by atoms with Gasteiger partial charge in [-0.3, -0.25) is 18.6 Å². The van der Waals surface area contributed by atoms with Crippen molar-refractivity contribution in [1.82, 2.24) is 5.32 Å². The Balaban J connectivity index is 3.66. The van der Waals surface area contributed by atoms with Crippen LogP contribution in [0, 0.1) is 0 Å². The number of phosphoric ester groups is 1. The van der Waals surface area contributed by atoms with Crippen molar-refractivity contribution in [2.24, 2.45) is 0 Å². The Labute approximate surface area is 231 Å². The van der Waals surface area contributed by atoms with Crippen LogP contribution in [0.4, 0.5) is 0 Å². The summed E-state index contributed by atoms with van der Waals surface area (Å²) >= 11 is 0. The van der Waals surface area contributed by atoms with E-state index < -0.39 is 26.5 Å². The highest BCUT2D eigenvalue weighted by Crippen LogP contribution is 2.42. The maximum atomic E-state index is 11.9. The zero-order valence-corrected chi connectivity index (χ0v) is 25.0. The van der Waals surface area contributed by atoms with Gasteiger partial charge in [-0.2, -0.15) is 0 Å². The van der Waals surface area contributed by atoms with Crippen molar-refractivity contribution >= 4 is 19.7 Å². The second kappa shape index (κ2) is 26.2. The van der Waals surface area contributed by atoms with E-state index in [1.165, 1.54) is 70.6 Å². The number of hydrogen-bond donors (Lipinski definition) is 3. The quantitative estimate of drug-likeness (QED) is 0.0550. The van der Waals surface area contributed by atoms with E-state index >= 15 is 0 Å². The minimum absolute atomic E-state index is 0.0851. The molecule has 0 rings (SSSR count). The predicted molar refractivity (Wildman–Crippen MR) is 151 cm³/mol. The van der Waals surface area contributed by atoms with E-state index in [1.807, 2.05) is 0 Å². The minimum atomic E-state index is -4.38. The monoisotopic (exact) mass is 565 g/mol. The van der Waals surface area contributed by atoms with Crippen LogP contribution in [-0.2, 0) is 27.9 Å². The van der Waals surface area contributed by atoms with E-state index in [2.05, 4.69) is 19.2 Å². The number of phosphoric acid groups is 1. The molecule has 2 unspecified atom stereocenters. The van der Waals surface area contributed by atoms with Crippen molar-refractivity contribution in [3.63, 3.8) is 0 Å². The van der Waals surface area contributed by atoms with Gasteiger partial charge in [0, 0.05) is 19.4 Å². The Morgan fingerprint density at radius 3 is 1.71 bits per heavy atom. The van der Waals surface area contributed by atoms with Gasteiger partial charge in [0.2, 0.25) is 5.91 Å². The molecule has 2 atom stereocenters. The standard InChI is InChI=1S/C28H56NO8P/c1-3-5-7-9-11-12-13-14-15-17-19-21-28(32)35-24-26(30)25-37-38(33,34)36-23-22-29-27(31)20-18-16-10-8-6-4-2/h26,30H,3-25H2,1-2H3,(H,29,31)(H,33,34). The van der Waals surface area contributed by atoms with E-state index in [1.54, 1.807) is 0 Å². The van der Waals surface area contributed by atoms with E-state index in [4.69, 9.17) is 13.8 Å². The third-order valence-electron chi connectivity index (χ3n) is 6.29. The number of rotatable bonds is 28. The van der Waals surface area contributed by atoms with Crippen LogP contribution in [0.3, 0.4) is 0 Å². The Bertz CT molecular complexity index is 620. The second-order valence-electron chi connectivity index (χ2n) is 10.1. The van der Waals surface area contributed by atoms with Crippen molar-refractivity contribution in [3.05, 3.63) is 0 Å². The molecular weight excluding hydrogens is 509 g/mol. The van der Waals surface area contributed by atoms with Gasteiger partial charge >= 0.3 is 13.8 Å². The molecule has 0 bridgehead atoms. The number of hydrogen-bond acceptors (Lipinski definition) is 7. The average molecular weight is 566 g/mol. The molecule has 38 heavy (non-hydrogen) atoms. The lowest BCUT2D eigenvalue weighted by atomic mass is 10.1. The van der Waals surface area contributed by atoms with Gasteiger partial charge in [-0.05, 0) is 12.8 Å². The first-order chi connectivity index (χ1) is 18.3. The van der Waals surface area contributed by atoms with Crippen LogP contribution in [-0.4, -0.2) is 54.3 Å². The summed E-state index contributed by atoms with van der Waals surface area (Å²) in [5.41, 5.74) is 0. The molecule has 0 aliphatic heterocycles. The van der Waals surface area contributed by atoms with Gasteiger partial charge in [0.05, 0.1) is 13.2 Å². The van der Waals surface area contributed by atoms with Crippen molar-refractivity contribution in [2.45, 2.75) is 142 Å². The lowest BCUT2D eigenvalue weighted by Crippen LogP contribution is -2.27. The van der Waals surface area contributed by atoms with Crippen molar-refractivity contribution in [2.75, 3.05) is 26.4 Å². The first-order valence-electron chi connectivity index (χ1n) is 15.0. The molecule has 0 saturated heterocycles. The maximum Gasteiger partial charge on any atom is 0.472 e. The van der Waals surface area contributed by atoms with Gasteiger partial charge in [-0.15, -0.1) is 0 Å². The zero-order chi connectivity index (χ0) is 28.3. The Hall–Kier alpha value is -0.990. The number of esters is 1. The summed E-state index contributed by atoms with van der Waals surface area (Å²) in [4.78, 5) is 33.3. The summed E-state index contributed by atoms with van der Waals surface area (Å²) < 4.78 is 26.5. The number of nitrogens with one attached hydrogen (secondary N) is 1. The molecule has 0 heterocycles. The van der Waals surface area contributed by atoms with E-state index in [0.29, 0.717) is 6.42 Å². The van der Waals surface area contributed by atoms with Crippen LogP contribution in [0.2, 0.25) is 0 Å². The van der Waals surface area contributed by atoms with E-state index in [9.17, 15) is 24.2 Å². The van der Waals surface area contributed by atoms with Crippen molar-refractivity contribution in [1.29, 1.82) is 0 Å².